The second-order valence-corrected chi connectivity index (χ2v) is 5.49. The lowest BCUT2D eigenvalue weighted by Crippen LogP contribution is -2.26. The molecule has 0 bridgehead atoms. The van der Waals surface area contributed by atoms with Gasteiger partial charge in [-0.05, 0) is 31.2 Å². The van der Waals surface area contributed by atoms with E-state index in [1.54, 1.807) is 11.3 Å². The molecule has 0 amide bonds. The van der Waals surface area contributed by atoms with Crippen molar-refractivity contribution in [2.45, 2.75) is 39.8 Å². The van der Waals surface area contributed by atoms with E-state index in [1.807, 2.05) is 0 Å². The molecule has 2 atom stereocenters. The summed E-state index contributed by atoms with van der Waals surface area (Å²) in [5.74, 6) is 0.592. The topological polar surface area (TPSA) is 21.3 Å². The molecule has 1 aromatic rings. The Balaban J connectivity index is 2.12. The molecular weight excluding hydrogens is 218 g/mol. The zero-order chi connectivity index (χ0) is 12.0. The Morgan fingerprint density at radius 2 is 2.06 bits per heavy atom. The maximum absolute atomic E-state index is 5.71. The van der Waals surface area contributed by atoms with Crippen molar-refractivity contribution in [3.63, 3.8) is 0 Å². The Bertz CT molecular complexity index is 271. The van der Waals surface area contributed by atoms with Crippen molar-refractivity contribution >= 4 is 11.3 Å². The summed E-state index contributed by atoms with van der Waals surface area (Å²) < 4.78 is 5.71. The molecule has 1 rings (SSSR count). The average Bonchev–Trinajstić information content (AvgIpc) is 2.76. The van der Waals surface area contributed by atoms with Crippen LogP contribution in [0.1, 0.15) is 38.6 Å². The second kappa shape index (κ2) is 7.05. The summed E-state index contributed by atoms with van der Waals surface area (Å²) in [6.07, 6.45) is 0.346. The predicted octanol–water partition coefficient (Wildman–Crippen LogP) is 3.46. The van der Waals surface area contributed by atoms with Gasteiger partial charge >= 0.3 is 0 Å². The van der Waals surface area contributed by atoms with Crippen LogP contribution in [0.4, 0.5) is 0 Å². The third-order valence-electron chi connectivity index (χ3n) is 2.84. The molecule has 1 aromatic heterocycles. The molecule has 2 unspecified atom stereocenters. The van der Waals surface area contributed by atoms with Crippen LogP contribution in [0.2, 0.25) is 0 Å². The zero-order valence-electron chi connectivity index (χ0n) is 10.7. The molecule has 3 heteroatoms. The molecule has 0 aliphatic heterocycles. The highest BCUT2D eigenvalue weighted by atomic mass is 32.1. The molecule has 0 fully saturated rings. The highest BCUT2D eigenvalue weighted by Crippen LogP contribution is 2.17. The molecule has 1 N–H and O–H groups in total. The fourth-order valence-electron chi connectivity index (χ4n) is 1.35. The molecule has 16 heavy (non-hydrogen) atoms. The first kappa shape index (κ1) is 13.7. The Morgan fingerprint density at radius 3 is 2.62 bits per heavy atom. The van der Waals surface area contributed by atoms with Crippen molar-refractivity contribution < 1.29 is 4.74 Å². The molecule has 0 radical (unpaired) electrons. The van der Waals surface area contributed by atoms with Gasteiger partial charge in [-0.1, -0.05) is 19.9 Å². The molecule has 92 valence electrons. The van der Waals surface area contributed by atoms with Crippen LogP contribution < -0.4 is 5.32 Å². The normalized spacial score (nSPS) is 15.3. The van der Waals surface area contributed by atoms with Crippen molar-refractivity contribution in [2.24, 2.45) is 5.92 Å². The fourth-order valence-corrected chi connectivity index (χ4v) is 2.11. The SMILES string of the molecule is CC(NCCOC(C)C(C)C)c1cccs1. The summed E-state index contributed by atoms with van der Waals surface area (Å²) >= 11 is 1.80. The van der Waals surface area contributed by atoms with Crippen molar-refractivity contribution in [2.75, 3.05) is 13.2 Å². The van der Waals surface area contributed by atoms with Gasteiger partial charge in [0.05, 0.1) is 12.7 Å². The Labute approximate surface area is 103 Å². The minimum atomic E-state index is 0.346. The van der Waals surface area contributed by atoms with E-state index in [9.17, 15) is 0 Å². The highest BCUT2D eigenvalue weighted by Gasteiger charge is 2.08. The first-order valence-electron chi connectivity index (χ1n) is 5.99. The highest BCUT2D eigenvalue weighted by molar-refractivity contribution is 7.10. The van der Waals surface area contributed by atoms with Crippen LogP contribution >= 0.6 is 11.3 Å². The maximum atomic E-state index is 5.71. The van der Waals surface area contributed by atoms with Gasteiger partial charge < -0.3 is 10.1 Å². The van der Waals surface area contributed by atoms with Crippen LogP contribution in [0.3, 0.4) is 0 Å². The Hall–Kier alpha value is -0.380. The lowest BCUT2D eigenvalue weighted by atomic mass is 10.1. The third-order valence-corrected chi connectivity index (χ3v) is 3.90. The maximum Gasteiger partial charge on any atom is 0.0594 e. The minimum Gasteiger partial charge on any atom is -0.377 e. The van der Waals surface area contributed by atoms with Crippen LogP contribution in [-0.4, -0.2) is 19.3 Å². The molecule has 0 aliphatic carbocycles. The predicted molar refractivity (Wildman–Crippen MR) is 71.0 cm³/mol. The Morgan fingerprint density at radius 1 is 1.31 bits per heavy atom. The van der Waals surface area contributed by atoms with Crippen LogP contribution in [0.15, 0.2) is 17.5 Å². The van der Waals surface area contributed by atoms with Gasteiger partial charge in [-0.25, -0.2) is 0 Å². The summed E-state index contributed by atoms with van der Waals surface area (Å²) in [6, 6.07) is 4.69. The van der Waals surface area contributed by atoms with Crippen molar-refractivity contribution in [1.82, 2.24) is 5.32 Å². The van der Waals surface area contributed by atoms with E-state index >= 15 is 0 Å². The number of thiophene rings is 1. The number of rotatable bonds is 7. The molecule has 0 aliphatic rings. The van der Waals surface area contributed by atoms with Crippen LogP contribution in [0.25, 0.3) is 0 Å². The van der Waals surface area contributed by atoms with Gasteiger partial charge in [-0.15, -0.1) is 11.3 Å². The monoisotopic (exact) mass is 241 g/mol. The van der Waals surface area contributed by atoms with Crippen LogP contribution in [0.5, 0.6) is 0 Å². The Kier molecular flexibility index (Phi) is 6.03. The number of ether oxygens (including phenoxy) is 1. The largest absolute Gasteiger partial charge is 0.377 e. The van der Waals surface area contributed by atoms with E-state index in [1.165, 1.54) is 4.88 Å². The number of hydrogen-bond acceptors (Lipinski definition) is 3. The van der Waals surface area contributed by atoms with Crippen LogP contribution in [0, 0.1) is 5.92 Å². The third kappa shape index (κ3) is 4.64. The first-order valence-corrected chi connectivity index (χ1v) is 6.87. The van der Waals surface area contributed by atoms with E-state index in [0.717, 1.165) is 13.2 Å². The van der Waals surface area contributed by atoms with Crippen LogP contribution in [-0.2, 0) is 4.74 Å². The smallest absolute Gasteiger partial charge is 0.0594 e. The van der Waals surface area contributed by atoms with E-state index in [2.05, 4.69) is 50.5 Å². The molecule has 0 saturated heterocycles. The van der Waals surface area contributed by atoms with Gasteiger partial charge in [0.25, 0.3) is 0 Å². The minimum absolute atomic E-state index is 0.346. The summed E-state index contributed by atoms with van der Waals surface area (Å²) in [6.45, 7) is 10.4. The van der Waals surface area contributed by atoms with Crippen molar-refractivity contribution in [3.8, 4) is 0 Å². The molecule has 0 saturated carbocycles. The molecule has 0 aromatic carbocycles. The molecule has 0 spiro atoms. The van der Waals surface area contributed by atoms with Gasteiger partial charge in [-0.3, -0.25) is 0 Å². The van der Waals surface area contributed by atoms with E-state index in [-0.39, 0.29) is 0 Å². The average molecular weight is 241 g/mol. The zero-order valence-corrected chi connectivity index (χ0v) is 11.5. The summed E-state index contributed by atoms with van der Waals surface area (Å²) in [5.41, 5.74) is 0. The fraction of sp³-hybridized carbons (Fsp3) is 0.692. The van der Waals surface area contributed by atoms with E-state index in [0.29, 0.717) is 18.1 Å². The van der Waals surface area contributed by atoms with Gasteiger partial charge in [0.15, 0.2) is 0 Å². The first-order chi connectivity index (χ1) is 7.61. The molecular formula is C13H23NOS. The summed E-state index contributed by atoms with van der Waals surface area (Å²) in [7, 11) is 0. The summed E-state index contributed by atoms with van der Waals surface area (Å²) in [5, 5.41) is 5.58. The van der Waals surface area contributed by atoms with E-state index < -0.39 is 0 Å². The van der Waals surface area contributed by atoms with E-state index in [4.69, 9.17) is 4.74 Å². The molecule has 1 heterocycles. The van der Waals surface area contributed by atoms with Gasteiger partial charge in [0.1, 0.15) is 0 Å². The molecule has 2 nitrogen and oxygen atoms in total. The quantitative estimate of drug-likeness (QED) is 0.738. The number of hydrogen-bond donors (Lipinski definition) is 1. The van der Waals surface area contributed by atoms with Gasteiger partial charge in [-0.2, -0.15) is 0 Å². The van der Waals surface area contributed by atoms with Gasteiger partial charge in [0, 0.05) is 17.5 Å². The van der Waals surface area contributed by atoms with Crippen molar-refractivity contribution in [3.05, 3.63) is 22.4 Å². The lowest BCUT2D eigenvalue weighted by molar-refractivity contribution is 0.0366. The van der Waals surface area contributed by atoms with Crippen molar-refractivity contribution in [1.29, 1.82) is 0 Å². The number of nitrogens with one attached hydrogen (secondary N) is 1. The standard InChI is InChI=1S/C13H23NOS/c1-10(2)12(4)15-8-7-14-11(3)13-6-5-9-16-13/h5-6,9-12,14H,7-8H2,1-4H3. The van der Waals surface area contributed by atoms with Gasteiger partial charge in [0.2, 0.25) is 0 Å². The lowest BCUT2D eigenvalue weighted by Gasteiger charge is -2.18. The summed E-state index contributed by atoms with van der Waals surface area (Å²) in [4.78, 5) is 1.39. The second-order valence-electron chi connectivity index (χ2n) is 4.51.